The highest BCUT2D eigenvalue weighted by Crippen LogP contribution is 2.32. The molecule has 1 aromatic carbocycles. The molecule has 0 fully saturated rings. The fourth-order valence-corrected chi connectivity index (χ4v) is 3.31. The summed E-state index contributed by atoms with van der Waals surface area (Å²) in [5.74, 6) is -0.307. The summed E-state index contributed by atoms with van der Waals surface area (Å²) in [5, 5.41) is 1.02. The highest BCUT2D eigenvalue weighted by molar-refractivity contribution is 7.34. The van der Waals surface area contributed by atoms with Gasteiger partial charge >= 0.3 is 14.1 Å². The second-order valence-corrected chi connectivity index (χ2v) is 9.04. The van der Waals surface area contributed by atoms with Gasteiger partial charge < -0.3 is 9.63 Å². The summed E-state index contributed by atoms with van der Waals surface area (Å²) >= 11 is 5.90. The molecule has 0 aliphatic rings. The van der Waals surface area contributed by atoms with Crippen molar-refractivity contribution in [3.05, 3.63) is 35.5 Å². The normalized spacial score (nSPS) is 13.7. The lowest BCUT2D eigenvalue weighted by Crippen LogP contribution is -2.30. The van der Waals surface area contributed by atoms with E-state index in [4.69, 9.17) is 20.9 Å². The quantitative estimate of drug-likeness (QED) is 0.390. The topological polar surface area (TPSA) is 83.8 Å². The van der Waals surface area contributed by atoms with Crippen molar-refractivity contribution in [1.82, 2.24) is 4.98 Å². The molecule has 0 radical (unpaired) electrons. The van der Waals surface area contributed by atoms with Crippen molar-refractivity contribution in [2.45, 2.75) is 40.7 Å². The van der Waals surface area contributed by atoms with E-state index in [1.165, 1.54) is 0 Å². The Morgan fingerprint density at radius 3 is 2.63 bits per heavy atom. The van der Waals surface area contributed by atoms with Crippen LogP contribution < -0.4 is 9.42 Å². The third-order valence-corrected chi connectivity index (χ3v) is 4.57. The van der Waals surface area contributed by atoms with Gasteiger partial charge in [0, 0.05) is 5.39 Å². The number of pyridine rings is 1. The maximum absolute atomic E-state index is 12.4. The summed E-state index contributed by atoms with van der Waals surface area (Å²) in [6.07, 6.45) is 0. The number of rotatable bonds is 6. The van der Waals surface area contributed by atoms with Crippen molar-refractivity contribution in [2.24, 2.45) is 16.1 Å². The first-order valence-electron chi connectivity index (χ1n) is 8.65. The van der Waals surface area contributed by atoms with Crippen LogP contribution in [-0.4, -0.2) is 23.6 Å². The van der Waals surface area contributed by atoms with Gasteiger partial charge in [0.25, 0.3) is 0 Å². The van der Waals surface area contributed by atoms with E-state index in [2.05, 4.69) is 9.73 Å². The first-order valence-corrected chi connectivity index (χ1v) is 10.2. The average molecular weight is 411 g/mol. The van der Waals surface area contributed by atoms with Crippen molar-refractivity contribution in [1.29, 1.82) is 0 Å². The largest absolute Gasteiger partial charge is 0.575 e. The van der Waals surface area contributed by atoms with Crippen LogP contribution >= 0.6 is 19.8 Å². The predicted molar refractivity (Wildman–Crippen MR) is 106 cm³/mol. The maximum Gasteiger partial charge on any atom is 0.395 e. The summed E-state index contributed by atoms with van der Waals surface area (Å²) in [7, 11) is -2.47. The van der Waals surface area contributed by atoms with Crippen molar-refractivity contribution in [3.63, 3.8) is 0 Å². The number of benzene rings is 1. The van der Waals surface area contributed by atoms with E-state index in [1.54, 1.807) is 30.3 Å². The Hall–Kier alpha value is -1.75. The number of hydrogen-bond donors (Lipinski definition) is 0. The fraction of sp³-hybridized carbons (Fsp3) is 0.474. The Labute approximate surface area is 165 Å². The summed E-state index contributed by atoms with van der Waals surface area (Å²) in [4.78, 5) is 29.0. The van der Waals surface area contributed by atoms with E-state index < -0.39 is 20.2 Å². The third kappa shape index (κ3) is 6.42. The smallest absolute Gasteiger partial charge is 0.395 e. The van der Waals surface area contributed by atoms with Gasteiger partial charge in [-0.2, -0.15) is 0 Å². The van der Waals surface area contributed by atoms with E-state index >= 15 is 0 Å². The molecule has 0 aliphatic heterocycles. The van der Waals surface area contributed by atoms with Crippen LogP contribution in [0.5, 0.6) is 5.75 Å². The number of halogens is 1. The molecule has 2 aromatic rings. The summed E-state index contributed by atoms with van der Waals surface area (Å²) < 4.78 is 14.9. The first-order chi connectivity index (χ1) is 12.6. The zero-order chi connectivity index (χ0) is 20.2. The minimum atomic E-state index is -2.47. The van der Waals surface area contributed by atoms with Gasteiger partial charge in [-0.1, -0.05) is 57.0 Å². The highest BCUT2D eigenvalue weighted by Gasteiger charge is 2.29. The van der Waals surface area contributed by atoms with Crippen LogP contribution in [0, 0.1) is 11.3 Å². The van der Waals surface area contributed by atoms with E-state index in [9.17, 15) is 9.69 Å². The van der Waals surface area contributed by atoms with E-state index in [1.807, 2.05) is 34.6 Å². The molecule has 6 nitrogen and oxygen atoms in total. The van der Waals surface area contributed by atoms with Crippen LogP contribution in [0.25, 0.3) is 10.9 Å². The van der Waals surface area contributed by atoms with Gasteiger partial charge in [0.1, 0.15) is 5.15 Å². The summed E-state index contributed by atoms with van der Waals surface area (Å²) in [6, 6.07) is 7.67. The molecule has 0 N–H and O–H groups in total. The Kier molecular flexibility index (Phi) is 7.15. The second kappa shape index (κ2) is 8.96. The molecule has 0 spiro atoms. The Morgan fingerprint density at radius 2 is 2.00 bits per heavy atom. The summed E-state index contributed by atoms with van der Waals surface area (Å²) in [5.41, 5.74) is 0.459. The van der Waals surface area contributed by atoms with Gasteiger partial charge in [0.2, 0.25) is 0 Å². The van der Waals surface area contributed by atoms with E-state index in [-0.39, 0.29) is 17.9 Å². The van der Waals surface area contributed by atoms with E-state index in [0.717, 1.165) is 0 Å². The molecule has 0 aliphatic carbocycles. The van der Waals surface area contributed by atoms with Crippen LogP contribution in [-0.2, 0) is 9.53 Å². The lowest BCUT2D eigenvalue weighted by molar-refractivity contribution is -0.170. The van der Waals surface area contributed by atoms with Gasteiger partial charge in [-0.05, 0) is 35.6 Å². The number of carbonyl (C=O) groups excluding carboxylic acids is 1. The fourth-order valence-electron chi connectivity index (χ4n) is 2.22. The number of esters is 1. The molecule has 0 saturated carbocycles. The number of carbonyl (C=O) groups is 1. The molecular weight excluding hydrogens is 387 g/mol. The Bertz CT molecular complexity index is 849. The molecule has 27 heavy (non-hydrogen) atoms. The zero-order valence-electron chi connectivity index (χ0n) is 16.1. The van der Waals surface area contributed by atoms with E-state index in [0.29, 0.717) is 21.8 Å². The molecule has 2 unspecified atom stereocenters. The molecule has 0 saturated heterocycles. The number of fused-ring (bicyclic) bond motifs is 1. The average Bonchev–Trinajstić information content (AvgIpc) is 2.56. The standard InChI is InChI=1S/C19H24ClN2O4P/c1-12(2)17(18(23)25-11-19(3,4)5)22-27(24)26-15-8-6-7-14-13(15)9-10-16(20)21-14/h6-10,12,17H,11H2,1-5H3. The second-order valence-electron chi connectivity index (χ2n) is 7.76. The Balaban J connectivity index is 2.20. The maximum atomic E-state index is 12.4. The number of ether oxygens (including phenoxy) is 1. The molecule has 1 aromatic heterocycles. The van der Waals surface area contributed by atoms with Crippen LogP contribution in [0.4, 0.5) is 0 Å². The predicted octanol–water partition coefficient (Wildman–Crippen LogP) is 4.74. The van der Waals surface area contributed by atoms with Gasteiger partial charge in [0.15, 0.2) is 11.8 Å². The van der Waals surface area contributed by atoms with Crippen molar-refractivity contribution >= 4 is 36.6 Å². The molecule has 1 heterocycles. The SMILES string of the molecule is CC(C)C(N=[P+]([O-])Oc1cccc2nc(Cl)ccc12)C(=O)OCC(C)(C)C. The van der Waals surface area contributed by atoms with Crippen molar-refractivity contribution in [2.75, 3.05) is 6.61 Å². The number of hydrogen-bond acceptors (Lipinski definition) is 6. The number of aromatic nitrogens is 1. The van der Waals surface area contributed by atoms with Gasteiger partial charge in [-0.3, -0.25) is 4.52 Å². The van der Waals surface area contributed by atoms with Crippen LogP contribution in [0.3, 0.4) is 0 Å². The molecule has 8 heteroatoms. The molecule has 0 amide bonds. The molecule has 2 atom stereocenters. The third-order valence-electron chi connectivity index (χ3n) is 3.57. The van der Waals surface area contributed by atoms with Crippen molar-refractivity contribution in [3.8, 4) is 5.75 Å². The zero-order valence-corrected chi connectivity index (χ0v) is 17.8. The lowest BCUT2D eigenvalue weighted by atomic mass is 9.98. The van der Waals surface area contributed by atoms with Crippen LogP contribution in [0.1, 0.15) is 34.6 Å². The highest BCUT2D eigenvalue weighted by atomic mass is 35.5. The van der Waals surface area contributed by atoms with Crippen LogP contribution in [0.15, 0.2) is 35.1 Å². The van der Waals surface area contributed by atoms with Gasteiger partial charge in [0.05, 0.1) is 12.1 Å². The van der Waals surface area contributed by atoms with Gasteiger partial charge in [-0.15, -0.1) is 0 Å². The minimum Gasteiger partial charge on any atom is -0.575 e. The van der Waals surface area contributed by atoms with Crippen LogP contribution in [0.2, 0.25) is 5.15 Å². The van der Waals surface area contributed by atoms with Crippen molar-refractivity contribution < 1.29 is 18.9 Å². The number of nitrogens with zero attached hydrogens (tertiary/aromatic N) is 2. The monoisotopic (exact) mass is 410 g/mol. The molecule has 2 rings (SSSR count). The Morgan fingerprint density at radius 1 is 1.30 bits per heavy atom. The summed E-state index contributed by atoms with van der Waals surface area (Å²) in [6.45, 7) is 9.79. The minimum absolute atomic E-state index is 0.160. The molecule has 0 bridgehead atoms. The molecule has 146 valence electrons. The lowest BCUT2D eigenvalue weighted by Gasteiger charge is -2.20. The first kappa shape index (κ1) is 21.5. The van der Waals surface area contributed by atoms with Gasteiger partial charge in [-0.25, -0.2) is 9.78 Å². The molecular formula is C19H24ClN2O4P.